The van der Waals surface area contributed by atoms with Crippen molar-refractivity contribution >= 4 is 11.7 Å². The number of rotatable bonds is 6. The smallest absolute Gasteiger partial charge is 0.341 e. The largest absolute Gasteiger partial charge is 0.490 e. The highest BCUT2D eigenvalue weighted by Crippen LogP contribution is 2.47. The van der Waals surface area contributed by atoms with Crippen molar-refractivity contribution in [2.45, 2.75) is 32.2 Å². The van der Waals surface area contributed by atoms with Crippen LogP contribution in [-0.4, -0.2) is 29.0 Å². The molecule has 1 aliphatic carbocycles. The van der Waals surface area contributed by atoms with Crippen LogP contribution < -0.4 is 19.9 Å². The van der Waals surface area contributed by atoms with Gasteiger partial charge in [0, 0.05) is 29.8 Å². The van der Waals surface area contributed by atoms with Crippen molar-refractivity contribution in [3.05, 3.63) is 75.6 Å². The Morgan fingerprint density at radius 1 is 1.18 bits per heavy atom. The minimum Gasteiger partial charge on any atom is -0.490 e. The normalized spacial score (nSPS) is 15.9. The topological polar surface area (TPSA) is 81.0 Å². The second kappa shape index (κ2) is 7.69. The van der Waals surface area contributed by atoms with Gasteiger partial charge in [-0.05, 0) is 36.1 Å². The zero-order valence-corrected chi connectivity index (χ0v) is 18.1. The summed E-state index contributed by atoms with van der Waals surface area (Å²) < 4.78 is 13.9. The Morgan fingerprint density at radius 2 is 2.00 bits per heavy atom. The molecule has 0 atom stereocenters. The Balaban J connectivity index is 1.52. The molecule has 3 aromatic rings. The molecule has 33 heavy (non-hydrogen) atoms. The number of ether oxygens (including phenoxy) is 2. The van der Waals surface area contributed by atoms with E-state index in [1.165, 1.54) is 25.1 Å². The van der Waals surface area contributed by atoms with Crippen LogP contribution in [0.2, 0.25) is 0 Å². The van der Waals surface area contributed by atoms with Crippen molar-refractivity contribution in [3.8, 4) is 22.8 Å². The number of pyridine rings is 1. The predicted octanol–water partition coefficient (Wildman–Crippen LogP) is 4.11. The Bertz CT molecular complexity index is 1310. The molecule has 7 heteroatoms. The number of carbonyl (C=O) groups is 1. The first kappa shape index (κ1) is 19.9. The standard InChI is InChI=1S/C26H24N2O5/c29-22-13-21-24-17(12-23(25-19(24)9-11-33-25)32-10-8-16-6-7-16)14-27(18-4-2-1-3-5-18)28(21)15-20(22)26(30)31/h1-5,12-13,15-16H,6-11,14H2,(H,30,31). The molecule has 6 rings (SSSR count). The van der Waals surface area contributed by atoms with Gasteiger partial charge in [0.15, 0.2) is 16.9 Å². The third-order valence-electron chi connectivity index (χ3n) is 6.66. The van der Waals surface area contributed by atoms with E-state index in [0.717, 1.165) is 52.6 Å². The van der Waals surface area contributed by atoms with Gasteiger partial charge in [0.25, 0.3) is 0 Å². The maximum atomic E-state index is 12.7. The number of fused-ring (bicyclic) bond motifs is 5. The first-order chi connectivity index (χ1) is 16.1. The number of nitrogens with zero attached hydrogens (tertiary/aromatic N) is 2. The Hall–Kier alpha value is -3.74. The van der Waals surface area contributed by atoms with Crippen LogP contribution in [0.5, 0.6) is 11.5 Å². The van der Waals surface area contributed by atoms with E-state index >= 15 is 0 Å². The van der Waals surface area contributed by atoms with Gasteiger partial charge in [0.2, 0.25) is 0 Å². The van der Waals surface area contributed by atoms with E-state index < -0.39 is 11.4 Å². The average molecular weight is 444 g/mol. The quantitative estimate of drug-likeness (QED) is 0.616. The van der Waals surface area contributed by atoms with Crippen LogP contribution in [-0.2, 0) is 13.0 Å². The fourth-order valence-corrected chi connectivity index (χ4v) is 4.82. The SMILES string of the molecule is O=C(O)c1cn2c(cc1=O)-c1c(cc(OCCC3CC3)c3c1CCO3)CN2c1ccccc1. The number of hydrogen-bond acceptors (Lipinski definition) is 5. The van der Waals surface area contributed by atoms with Crippen molar-refractivity contribution in [1.82, 2.24) is 4.68 Å². The van der Waals surface area contributed by atoms with Gasteiger partial charge >= 0.3 is 5.97 Å². The highest BCUT2D eigenvalue weighted by Gasteiger charge is 2.32. The zero-order chi connectivity index (χ0) is 22.5. The molecule has 1 aromatic heterocycles. The third-order valence-corrected chi connectivity index (χ3v) is 6.66. The number of anilines is 1. The van der Waals surface area contributed by atoms with Crippen molar-refractivity contribution in [2.24, 2.45) is 5.92 Å². The van der Waals surface area contributed by atoms with Gasteiger partial charge in [-0.15, -0.1) is 0 Å². The number of aromatic carboxylic acids is 1. The molecule has 0 saturated heterocycles. The van der Waals surface area contributed by atoms with Crippen LogP contribution in [0.3, 0.4) is 0 Å². The molecular weight excluding hydrogens is 420 g/mol. The number of carboxylic acid groups (broad SMARTS) is 1. The van der Waals surface area contributed by atoms with E-state index in [2.05, 4.69) is 0 Å². The molecule has 1 saturated carbocycles. The third kappa shape index (κ3) is 3.44. The number of para-hydroxylation sites is 1. The molecule has 1 N–H and O–H groups in total. The Labute approximate surface area is 190 Å². The van der Waals surface area contributed by atoms with Gasteiger partial charge in [0.05, 0.1) is 31.1 Å². The summed E-state index contributed by atoms with van der Waals surface area (Å²) in [5.74, 6) is 1.06. The van der Waals surface area contributed by atoms with Gasteiger partial charge in [-0.3, -0.25) is 14.5 Å². The summed E-state index contributed by atoms with van der Waals surface area (Å²) in [6.07, 6.45) is 5.78. The van der Waals surface area contributed by atoms with Crippen LogP contribution >= 0.6 is 0 Å². The number of aromatic nitrogens is 1. The van der Waals surface area contributed by atoms with E-state index in [0.29, 0.717) is 25.5 Å². The van der Waals surface area contributed by atoms with Crippen LogP contribution in [0, 0.1) is 5.92 Å². The highest BCUT2D eigenvalue weighted by atomic mass is 16.5. The molecular formula is C26H24N2O5. The van der Waals surface area contributed by atoms with Gasteiger partial charge in [-0.2, -0.15) is 0 Å². The zero-order valence-electron chi connectivity index (χ0n) is 18.1. The fraction of sp³-hybridized carbons (Fsp3) is 0.308. The molecule has 3 heterocycles. The predicted molar refractivity (Wildman–Crippen MR) is 123 cm³/mol. The first-order valence-electron chi connectivity index (χ1n) is 11.4. The lowest BCUT2D eigenvalue weighted by atomic mass is 9.93. The molecule has 3 aliphatic rings. The summed E-state index contributed by atoms with van der Waals surface area (Å²) in [7, 11) is 0. The monoisotopic (exact) mass is 444 g/mol. The van der Waals surface area contributed by atoms with Crippen molar-refractivity contribution in [3.63, 3.8) is 0 Å². The summed E-state index contributed by atoms with van der Waals surface area (Å²) >= 11 is 0. The van der Waals surface area contributed by atoms with Gasteiger partial charge < -0.3 is 14.6 Å². The highest BCUT2D eigenvalue weighted by molar-refractivity contribution is 5.88. The summed E-state index contributed by atoms with van der Waals surface area (Å²) in [6, 6.07) is 13.2. The summed E-state index contributed by atoms with van der Waals surface area (Å²) in [4.78, 5) is 24.4. The maximum absolute atomic E-state index is 12.7. The van der Waals surface area contributed by atoms with Crippen LogP contribution in [0.25, 0.3) is 11.3 Å². The Kier molecular flexibility index (Phi) is 4.64. The Morgan fingerprint density at radius 3 is 2.76 bits per heavy atom. The summed E-state index contributed by atoms with van der Waals surface area (Å²) in [6.45, 7) is 1.74. The van der Waals surface area contributed by atoms with E-state index in [1.54, 1.807) is 4.68 Å². The second-order valence-corrected chi connectivity index (χ2v) is 8.88. The minimum absolute atomic E-state index is 0.254. The number of carboxylic acids is 1. The minimum atomic E-state index is -1.23. The molecule has 0 radical (unpaired) electrons. The lowest BCUT2D eigenvalue weighted by Gasteiger charge is -2.36. The average Bonchev–Trinajstić information content (AvgIpc) is 3.51. The lowest BCUT2D eigenvalue weighted by Crippen LogP contribution is -2.36. The van der Waals surface area contributed by atoms with Gasteiger partial charge in [-0.25, -0.2) is 4.79 Å². The molecule has 0 unspecified atom stereocenters. The molecule has 1 fully saturated rings. The van der Waals surface area contributed by atoms with E-state index in [4.69, 9.17) is 9.47 Å². The van der Waals surface area contributed by atoms with Crippen molar-refractivity contribution in [2.75, 3.05) is 18.2 Å². The van der Waals surface area contributed by atoms with Crippen LogP contribution in [0.1, 0.15) is 40.7 Å². The molecule has 0 spiro atoms. The van der Waals surface area contributed by atoms with Gasteiger partial charge in [-0.1, -0.05) is 31.0 Å². The molecule has 0 bridgehead atoms. The second-order valence-electron chi connectivity index (χ2n) is 8.88. The molecule has 168 valence electrons. The van der Waals surface area contributed by atoms with Crippen molar-refractivity contribution in [1.29, 1.82) is 0 Å². The molecule has 7 nitrogen and oxygen atoms in total. The molecule has 2 aromatic carbocycles. The molecule has 2 aliphatic heterocycles. The number of benzene rings is 2. The van der Waals surface area contributed by atoms with Crippen LogP contribution in [0.15, 0.2) is 53.5 Å². The fourth-order valence-electron chi connectivity index (χ4n) is 4.82. The van der Waals surface area contributed by atoms with E-state index in [9.17, 15) is 14.7 Å². The van der Waals surface area contributed by atoms with Crippen molar-refractivity contribution < 1.29 is 19.4 Å². The summed E-state index contributed by atoms with van der Waals surface area (Å²) in [5, 5.41) is 11.6. The van der Waals surface area contributed by atoms with Gasteiger partial charge in [0.1, 0.15) is 5.56 Å². The first-order valence-corrected chi connectivity index (χ1v) is 11.4. The maximum Gasteiger partial charge on any atom is 0.341 e. The number of hydrogen-bond donors (Lipinski definition) is 1. The molecule has 0 amide bonds. The lowest BCUT2D eigenvalue weighted by molar-refractivity contribution is 0.0694. The van der Waals surface area contributed by atoms with Crippen LogP contribution in [0.4, 0.5) is 5.69 Å². The van der Waals surface area contributed by atoms with E-state index in [1.807, 2.05) is 41.4 Å². The summed E-state index contributed by atoms with van der Waals surface area (Å²) in [5.41, 5.74) is 3.81. The van der Waals surface area contributed by atoms with E-state index in [-0.39, 0.29) is 5.56 Å².